The molecule has 2 rings (SSSR count). The normalized spacial score (nSPS) is 10.0. The molecule has 1 aromatic carbocycles. The molecule has 2 aromatic rings. The van der Waals surface area contributed by atoms with Crippen molar-refractivity contribution in [2.75, 3.05) is 12.0 Å². The van der Waals surface area contributed by atoms with Gasteiger partial charge in [-0.05, 0) is 37.6 Å². The number of urea groups is 1. The highest BCUT2D eigenvalue weighted by atomic mass is 35.5. The van der Waals surface area contributed by atoms with E-state index < -0.39 is 6.03 Å². The van der Waals surface area contributed by atoms with E-state index in [2.05, 4.69) is 15.6 Å². The molecule has 0 aliphatic heterocycles. The van der Waals surface area contributed by atoms with Crippen LogP contribution in [-0.4, -0.2) is 17.7 Å². The van der Waals surface area contributed by atoms with Crippen LogP contribution in [0.2, 0.25) is 5.02 Å². The van der Waals surface area contributed by atoms with Gasteiger partial charge in [-0.25, -0.2) is 9.78 Å². The molecule has 0 aliphatic rings. The number of nitrogens with zero attached hydrogens (tertiary/aromatic N) is 1. The highest BCUT2D eigenvalue weighted by Gasteiger charge is 2.03. The number of hydrogen-bond acceptors (Lipinski definition) is 3. The summed E-state index contributed by atoms with van der Waals surface area (Å²) >= 11 is 5.71. The van der Waals surface area contributed by atoms with Gasteiger partial charge in [-0.3, -0.25) is 5.32 Å². The lowest BCUT2D eigenvalue weighted by Crippen LogP contribution is -2.32. The molecule has 0 spiro atoms. The quantitative estimate of drug-likeness (QED) is 0.850. The molecule has 5 nitrogen and oxygen atoms in total. The number of amides is 2. The molecule has 2 amide bonds. The van der Waals surface area contributed by atoms with Crippen molar-refractivity contribution < 1.29 is 9.53 Å². The summed E-state index contributed by atoms with van der Waals surface area (Å²) in [5, 5.41) is 5.68. The topological polar surface area (TPSA) is 63.2 Å². The lowest BCUT2D eigenvalue weighted by atomic mass is 10.1. The maximum atomic E-state index is 11.7. The first kappa shape index (κ1) is 15.1. The Labute approximate surface area is 128 Å². The van der Waals surface area contributed by atoms with Gasteiger partial charge in [0, 0.05) is 6.20 Å². The second-order valence-electron chi connectivity index (χ2n) is 4.55. The zero-order chi connectivity index (χ0) is 15.2. The summed E-state index contributed by atoms with van der Waals surface area (Å²) in [6.45, 7) is 4.05. The van der Waals surface area contributed by atoms with Crippen LogP contribution in [0.5, 0.6) is 5.75 Å². The molecule has 1 heterocycles. The Kier molecular flexibility index (Phi) is 5.00. The van der Waals surface area contributed by atoms with E-state index in [4.69, 9.17) is 16.3 Å². The molecule has 6 heteroatoms. The molecule has 0 saturated heterocycles. The smallest absolute Gasteiger partial charge is 0.323 e. The fourth-order valence-electron chi connectivity index (χ4n) is 1.75. The fourth-order valence-corrected chi connectivity index (χ4v) is 1.86. The number of benzene rings is 1. The van der Waals surface area contributed by atoms with E-state index >= 15 is 0 Å². The van der Waals surface area contributed by atoms with Crippen LogP contribution in [0.25, 0.3) is 0 Å². The molecule has 0 bridgehead atoms. The van der Waals surface area contributed by atoms with Gasteiger partial charge in [-0.2, -0.15) is 0 Å². The predicted octanol–water partition coefficient (Wildman–Crippen LogP) is 3.51. The van der Waals surface area contributed by atoms with E-state index in [1.165, 1.54) is 11.8 Å². The molecule has 0 fully saturated rings. The Morgan fingerprint density at radius 2 is 2.10 bits per heavy atom. The van der Waals surface area contributed by atoms with Crippen LogP contribution in [-0.2, 0) is 0 Å². The van der Waals surface area contributed by atoms with Crippen molar-refractivity contribution in [2.45, 2.75) is 13.8 Å². The summed E-state index contributed by atoms with van der Waals surface area (Å²) in [5.41, 5.74) is 2.19. The number of rotatable bonds is 4. The van der Waals surface area contributed by atoms with E-state index in [0.29, 0.717) is 10.8 Å². The Bertz CT molecular complexity index is 629. The van der Waals surface area contributed by atoms with Crippen LogP contribution in [0.1, 0.15) is 11.1 Å². The molecule has 2 N–H and O–H groups in total. The van der Waals surface area contributed by atoms with Crippen LogP contribution < -0.4 is 15.4 Å². The van der Waals surface area contributed by atoms with Crippen LogP contribution in [0.15, 0.2) is 36.5 Å². The Balaban J connectivity index is 1.80. The molecule has 21 heavy (non-hydrogen) atoms. The first-order chi connectivity index (χ1) is 10.0. The summed E-state index contributed by atoms with van der Waals surface area (Å²) in [6, 6.07) is 8.73. The second-order valence-corrected chi connectivity index (χ2v) is 4.99. The first-order valence-corrected chi connectivity index (χ1v) is 6.79. The standard InChI is InChI=1S/C15H16ClN3O2/c1-10-3-5-13(11(2)7-10)21-9-18-15(20)19-14-6-4-12(16)8-17-14/h3-8H,9H2,1-2H3,(H2,17,18,19,20). The molecule has 110 valence electrons. The van der Waals surface area contributed by atoms with Gasteiger partial charge in [0.05, 0.1) is 5.02 Å². The SMILES string of the molecule is Cc1ccc(OCNC(=O)Nc2ccc(Cl)cn2)c(C)c1. The van der Waals surface area contributed by atoms with Gasteiger partial charge in [-0.1, -0.05) is 29.3 Å². The number of nitrogens with one attached hydrogen (secondary N) is 2. The summed E-state index contributed by atoms with van der Waals surface area (Å²) < 4.78 is 5.51. The number of pyridine rings is 1. The molecule has 0 aliphatic carbocycles. The third-order valence-corrected chi connectivity index (χ3v) is 2.98. The number of halogens is 1. The number of carbonyl (C=O) groups is 1. The van der Waals surface area contributed by atoms with Crippen molar-refractivity contribution in [1.82, 2.24) is 10.3 Å². The van der Waals surface area contributed by atoms with Gasteiger partial charge in [0.2, 0.25) is 0 Å². The first-order valence-electron chi connectivity index (χ1n) is 6.41. The van der Waals surface area contributed by atoms with Crippen LogP contribution in [0, 0.1) is 13.8 Å². The third-order valence-electron chi connectivity index (χ3n) is 2.76. The molecular formula is C15H16ClN3O2. The lowest BCUT2D eigenvalue weighted by molar-refractivity contribution is 0.234. The average Bonchev–Trinajstić information content (AvgIpc) is 2.44. The lowest BCUT2D eigenvalue weighted by Gasteiger charge is -2.11. The largest absolute Gasteiger partial charge is 0.473 e. The Hall–Kier alpha value is -2.27. The number of hydrogen-bond donors (Lipinski definition) is 2. The van der Waals surface area contributed by atoms with Crippen molar-refractivity contribution in [3.05, 3.63) is 52.7 Å². The van der Waals surface area contributed by atoms with E-state index in [1.807, 2.05) is 32.0 Å². The van der Waals surface area contributed by atoms with Gasteiger partial charge in [-0.15, -0.1) is 0 Å². The Morgan fingerprint density at radius 1 is 1.29 bits per heavy atom. The van der Waals surface area contributed by atoms with E-state index in [1.54, 1.807) is 12.1 Å². The van der Waals surface area contributed by atoms with Crippen molar-refractivity contribution in [3.63, 3.8) is 0 Å². The monoisotopic (exact) mass is 305 g/mol. The molecule has 0 radical (unpaired) electrons. The Morgan fingerprint density at radius 3 is 2.76 bits per heavy atom. The third kappa shape index (κ3) is 4.65. The zero-order valence-corrected chi connectivity index (χ0v) is 12.6. The van der Waals surface area contributed by atoms with Gasteiger partial charge >= 0.3 is 6.03 Å². The van der Waals surface area contributed by atoms with E-state index in [0.717, 1.165) is 11.3 Å². The molecule has 0 unspecified atom stereocenters. The number of aromatic nitrogens is 1. The zero-order valence-electron chi connectivity index (χ0n) is 11.8. The summed E-state index contributed by atoms with van der Waals surface area (Å²) in [4.78, 5) is 15.6. The van der Waals surface area contributed by atoms with E-state index in [9.17, 15) is 4.79 Å². The maximum absolute atomic E-state index is 11.7. The number of anilines is 1. The number of aryl methyl sites for hydroxylation is 2. The van der Waals surface area contributed by atoms with Gasteiger partial charge in [0.1, 0.15) is 11.6 Å². The molecule has 1 aromatic heterocycles. The fraction of sp³-hybridized carbons (Fsp3) is 0.200. The summed E-state index contributed by atoms with van der Waals surface area (Å²) in [5.74, 6) is 1.16. The molecule has 0 saturated carbocycles. The summed E-state index contributed by atoms with van der Waals surface area (Å²) in [6.07, 6.45) is 1.46. The van der Waals surface area contributed by atoms with Gasteiger partial charge in [0.15, 0.2) is 6.73 Å². The molecular weight excluding hydrogens is 290 g/mol. The summed E-state index contributed by atoms with van der Waals surface area (Å²) in [7, 11) is 0. The highest BCUT2D eigenvalue weighted by Crippen LogP contribution is 2.18. The average molecular weight is 306 g/mol. The van der Waals surface area contributed by atoms with Crippen molar-refractivity contribution >= 4 is 23.4 Å². The minimum atomic E-state index is -0.394. The van der Waals surface area contributed by atoms with Crippen molar-refractivity contribution in [2.24, 2.45) is 0 Å². The highest BCUT2D eigenvalue weighted by molar-refractivity contribution is 6.30. The van der Waals surface area contributed by atoms with Crippen LogP contribution >= 0.6 is 11.6 Å². The van der Waals surface area contributed by atoms with Gasteiger partial charge in [0.25, 0.3) is 0 Å². The van der Waals surface area contributed by atoms with E-state index in [-0.39, 0.29) is 6.73 Å². The second kappa shape index (κ2) is 6.95. The number of carbonyl (C=O) groups excluding carboxylic acids is 1. The van der Waals surface area contributed by atoms with Gasteiger partial charge < -0.3 is 10.1 Å². The van der Waals surface area contributed by atoms with Crippen molar-refractivity contribution in [3.8, 4) is 5.75 Å². The van der Waals surface area contributed by atoms with Crippen molar-refractivity contribution in [1.29, 1.82) is 0 Å². The predicted molar refractivity (Wildman–Crippen MR) is 82.8 cm³/mol. The maximum Gasteiger partial charge on any atom is 0.323 e. The number of ether oxygens (including phenoxy) is 1. The molecule has 0 atom stereocenters. The minimum Gasteiger partial charge on any atom is -0.473 e. The minimum absolute atomic E-state index is 0.0727. The van der Waals surface area contributed by atoms with Crippen LogP contribution in [0.3, 0.4) is 0 Å². The van der Waals surface area contributed by atoms with Crippen LogP contribution in [0.4, 0.5) is 10.6 Å².